The molecule has 0 bridgehead atoms. The Labute approximate surface area is 168 Å². The summed E-state index contributed by atoms with van der Waals surface area (Å²) in [6.45, 7) is 1.99. The van der Waals surface area contributed by atoms with Gasteiger partial charge in [-0.25, -0.2) is 9.78 Å². The van der Waals surface area contributed by atoms with Gasteiger partial charge < -0.3 is 14.4 Å². The predicted octanol–water partition coefficient (Wildman–Crippen LogP) is 2.97. The fourth-order valence-corrected chi connectivity index (χ4v) is 4.91. The van der Waals surface area contributed by atoms with Crippen molar-refractivity contribution >= 4 is 32.8 Å². The molecule has 2 aromatic heterocycles. The fraction of sp³-hybridized carbons (Fsp3) is 0.286. The average Bonchev–Trinajstić information content (AvgIpc) is 3.08. The predicted molar refractivity (Wildman–Crippen MR) is 107 cm³/mol. The second-order valence-corrected chi connectivity index (χ2v) is 7.73. The van der Waals surface area contributed by atoms with Crippen molar-refractivity contribution in [1.82, 2.24) is 9.55 Å². The molecule has 0 saturated heterocycles. The second kappa shape index (κ2) is 5.99. The SMILES string of the molecule is CCC1(O)C(=O)OCc2c1cc1n(c2=O)Cc2c-1nc1ccccc1c2CBr. The molecule has 0 saturated carbocycles. The number of nitrogens with zero attached hydrogens (tertiary/aromatic N) is 2. The number of aromatic nitrogens is 2. The Bertz CT molecular complexity index is 1230. The zero-order chi connectivity index (χ0) is 19.6. The van der Waals surface area contributed by atoms with Crippen LogP contribution in [0.1, 0.15) is 35.6 Å². The van der Waals surface area contributed by atoms with Gasteiger partial charge in [0.25, 0.3) is 5.56 Å². The Morgan fingerprint density at radius 3 is 2.82 bits per heavy atom. The molecule has 1 aromatic carbocycles. The van der Waals surface area contributed by atoms with Gasteiger partial charge in [0.2, 0.25) is 0 Å². The number of pyridine rings is 2. The molecule has 0 aliphatic carbocycles. The number of halogens is 1. The number of rotatable bonds is 2. The molecule has 142 valence electrons. The molecule has 1 unspecified atom stereocenters. The van der Waals surface area contributed by atoms with Gasteiger partial charge >= 0.3 is 5.97 Å². The first kappa shape index (κ1) is 17.6. The molecule has 0 amide bonds. The molecular formula is C21H17BrN2O4. The number of carbonyl (C=O) groups excluding carboxylic acids is 1. The largest absolute Gasteiger partial charge is 0.458 e. The summed E-state index contributed by atoms with van der Waals surface area (Å²) in [5.41, 5.74) is 2.92. The van der Waals surface area contributed by atoms with Gasteiger partial charge in [-0.15, -0.1) is 0 Å². The molecule has 0 spiro atoms. The van der Waals surface area contributed by atoms with Crippen LogP contribution in [0, 0.1) is 0 Å². The van der Waals surface area contributed by atoms with E-state index in [0.29, 0.717) is 28.7 Å². The number of esters is 1. The zero-order valence-corrected chi connectivity index (χ0v) is 16.7. The second-order valence-electron chi connectivity index (χ2n) is 7.17. The quantitative estimate of drug-likeness (QED) is 0.382. The molecule has 1 N–H and O–H groups in total. The van der Waals surface area contributed by atoms with E-state index in [1.807, 2.05) is 24.3 Å². The Kier molecular flexibility index (Phi) is 3.76. The summed E-state index contributed by atoms with van der Waals surface area (Å²) in [4.78, 5) is 30.2. The lowest BCUT2D eigenvalue weighted by Crippen LogP contribution is -2.44. The standard InChI is InChI=1S/C21H17BrN2O4/c1-2-21(27)15-7-17-18-13(9-24(17)19(25)14(15)10-28-20(21)26)12(8-22)11-5-3-4-6-16(11)23-18/h3-7,27H,2,8-10H2,1H3. The van der Waals surface area contributed by atoms with Gasteiger partial charge in [0, 0.05) is 21.8 Å². The summed E-state index contributed by atoms with van der Waals surface area (Å²) in [5, 5.41) is 12.6. The number of para-hydroxylation sites is 1. The smallest absolute Gasteiger partial charge is 0.343 e. The molecule has 0 radical (unpaired) electrons. The molecule has 5 rings (SSSR count). The van der Waals surface area contributed by atoms with Crippen LogP contribution in [0.3, 0.4) is 0 Å². The van der Waals surface area contributed by atoms with E-state index in [2.05, 4.69) is 15.9 Å². The lowest BCUT2D eigenvalue weighted by molar-refractivity contribution is -0.172. The van der Waals surface area contributed by atoms with Crippen LogP contribution in [-0.2, 0) is 33.6 Å². The van der Waals surface area contributed by atoms with E-state index in [-0.39, 0.29) is 18.6 Å². The highest BCUT2D eigenvalue weighted by Gasteiger charge is 2.45. The summed E-state index contributed by atoms with van der Waals surface area (Å²) in [5.74, 6) is -0.710. The number of benzene rings is 1. The summed E-state index contributed by atoms with van der Waals surface area (Å²) in [6, 6.07) is 9.62. The minimum atomic E-state index is -1.81. The van der Waals surface area contributed by atoms with Crippen LogP contribution >= 0.6 is 15.9 Å². The topological polar surface area (TPSA) is 81.4 Å². The third-order valence-electron chi connectivity index (χ3n) is 5.85. The molecule has 6 nitrogen and oxygen atoms in total. The van der Waals surface area contributed by atoms with Crippen molar-refractivity contribution in [3.8, 4) is 11.4 Å². The molecule has 7 heteroatoms. The average molecular weight is 441 g/mol. The van der Waals surface area contributed by atoms with Crippen LogP contribution < -0.4 is 5.56 Å². The van der Waals surface area contributed by atoms with E-state index in [4.69, 9.17) is 9.72 Å². The van der Waals surface area contributed by atoms with Crippen LogP contribution in [-0.4, -0.2) is 20.6 Å². The lowest BCUT2D eigenvalue weighted by atomic mass is 9.86. The Morgan fingerprint density at radius 1 is 1.29 bits per heavy atom. The number of carbonyl (C=O) groups is 1. The van der Waals surface area contributed by atoms with Gasteiger partial charge in [-0.05, 0) is 24.1 Å². The minimum absolute atomic E-state index is 0.118. The van der Waals surface area contributed by atoms with Crippen molar-refractivity contribution in [3.63, 3.8) is 0 Å². The molecule has 2 aliphatic heterocycles. The summed E-state index contributed by atoms with van der Waals surface area (Å²) in [6.07, 6.45) is 0.131. The highest BCUT2D eigenvalue weighted by Crippen LogP contribution is 2.40. The Morgan fingerprint density at radius 2 is 2.07 bits per heavy atom. The van der Waals surface area contributed by atoms with E-state index in [9.17, 15) is 14.7 Å². The Balaban J connectivity index is 1.84. The van der Waals surface area contributed by atoms with Gasteiger partial charge in [-0.3, -0.25) is 4.79 Å². The van der Waals surface area contributed by atoms with E-state index < -0.39 is 11.6 Å². The van der Waals surface area contributed by atoms with Crippen molar-refractivity contribution in [2.24, 2.45) is 0 Å². The van der Waals surface area contributed by atoms with Crippen molar-refractivity contribution in [2.75, 3.05) is 0 Å². The third-order valence-corrected chi connectivity index (χ3v) is 6.41. The van der Waals surface area contributed by atoms with Gasteiger partial charge in [0.05, 0.1) is 29.0 Å². The zero-order valence-electron chi connectivity index (χ0n) is 15.2. The first-order valence-electron chi connectivity index (χ1n) is 9.13. The molecule has 4 heterocycles. The monoisotopic (exact) mass is 440 g/mol. The molecular weight excluding hydrogens is 424 g/mol. The number of hydrogen-bond donors (Lipinski definition) is 1. The van der Waals surface area contributed by atoms with Crippen LogP contribution in [0.25, 0.3) is 22.3 Å². The fourth-order valence-electron chi connectivity index (χ4n) is 4.27. The van der Waals surface area contributed by atoms with Crippen molar-refractivity contribution in [1.29, 1.82) is 0 Å². The van der Waals surface area contributed by atoms with Gasteiger partial charge in [-0.2, -0.15) is 0 Å². The van der Waals surface area contributed by atoms with E-state index >= 15 is 0 Å². The molecule has 3 aromatic rings. The van der Waals surface area contributed by atoms with Crippen LogP contribution in [0.2, 0.25) is 0 Å². The van der Waals surface area contributed by atoms with Crippen molar-refractivity contribution in [2.45, 2.75) is 37.4 Å². The number of aliphatic hydroxyl groups is 1. The van der Waals surface area contributed by atoms with Gasteiger partial charge in [0.1, 0.15) is 6.61 Å². The van der Waals surface area contributed by atoms with E-state index in [0.717, 1.165) is 27.7 Å². The van der Waals surface area contributed by atoms with Crippen molar-refractivity contribution in [3.05, 3.63) is 62.9 Å². The summed E-state index contributed by atoms with van der Waals surface area (Å²) in [7, 11) is 0. The number of fused-ring (bicyclic) bond motifs is 5. The van der Waals surface area contributed by atoms with Crippen molar-refractivity contribution < 1.29 is 14.6 Å². The van der Waals surface area contributed by atoms with Gasteiger partial charge in [0.15, 0.2) is 5.60 Å². The highest BCUT2D eigenvalue weighted by atomic mass is 79.9. The Hall–Kier alpha value is -2.51. The number of alkyl halides is 1. The maximum Gasteiger partial charge on any atom is 0.343 e. The molecule has 1 atom stereocenters. The van der Waals surface area contributed by atoms with Crippen LogP contribution in [0.5, 0.6) is 0 Å². The first-order chi connectivity index (χ1) is 13.5. The molecule has 28 heavy (non-hydrogen) atoms. The molecule has 2 aliphatic rings. The number of cyclic esters (lactones) is 1. The van der Waals surface area contributed by atoms with Gasteiger partial charge in [-0.1, -0.05) is 41.1 Å². The number of hydrogen-bond acceptors (Lipinski definition) is 5. The maximum atomic E-state index is 13.2. The lowest BCUT2D eigenvalue weighted by Gasteiger charge is -2.31. The normalized spacial score (nSPS) is 19.9. The maximum absolute atomic E-state index is 13.2. The minimum Gasteiger partial charge on any atom is -0.458 e. The summed E-state index contributed by atoms with van der Waals surface area (Å²) < 4.78 is 6.77. The van der Waals surface area contributed by atoms with E-state index in [1.54, 1.807) is 17.6 Å². The number of ether oxygens (including phenoxy) is 1. The van der Waals surface area contributed by atoms with Crippen LogP contribution in [0.15, 0.2) is 35.1 Å². The first-order valence-corrected chi connectivity index (χ1v) is 10.3. The highest BCUT2D eigenvalue weighted by molar-refractivity contribution is 9.08. The molecule has 0 fully saturated rings. The third kappa shape index (κ3) is 2.14. The van der Waals surface area contributed by atoms with Crippen LogP contribution in [0.4, 0.5) is 0 Å². The van der Waals surface area contributed by atoms with E-state index in [1.165, 1.54) is 0 Å². The summed E-state index contributed by atoms with van der Waals surface area (Å²) >= 11 is 3.58.